The molecule has 2 nitrogen and oxygen atoms in total. The molecule has 84 valence electrons. The molecule has 0 unspecified atom stereocenters. The number of rotatable bonds is 2. The second kappa shape index (κ2) is 3.36. The van der Waals surface area contributed by atoms with E-state index in [1.807, 2.05) is 0 Å². The second-order valence-electron chi connectivity index (χ2n) is 5.88. The number of aliphatic carboxylic acids is 1. The van der Waals surface area contributed by atoms with E-state index in [1.54, 1.807) is 0 Å². The van der Waals surface area contributed by atoms with E-state index in [2.05, 4.69) is 19.9 Å². The number of hydrogen-bond donors (Lipinski definition) is 1. The minimum Gasteiger partial charge on any atom is -0.481 e. The van der Waals surface area contributed by atoms with Crippen molar-refractivity contribution in [1.29, 1.82) is 0 Å². The highest BCUT2D eigenvalue weighted by atomic mass is 16.4. The van der Waals surface area contributed by atoms with Crippen LogP contribution in [-0.2, 0) is 4.79 Å². The summed E-state index contributed by atoms with van der Waals surface area (Å²) in [5, 5.41) is 9.43. The van der Waals surface area contributed by atoms with Crippen LogP contribution in [0.5, 0.6) is 0 Å². The van der Waals surface area contributed by atoms with Crippen LogP contribution in [0.4, 0.5) is 0 Å². The SMILES string of the molecule is CC1(C)CC(C(=O)O)(C2=CCCCC2)C1. The third-order valence-corrected chi connectivity index (χ3v) is 3.88. The molecule has 0 aromatic rings. The van der Waals surface area contributed by atoms with Crippen LogP contribution >= 0.6 is 0 Å². The minimum atomic E-state index is -0.602. The van der Waals surface area contributed by atoms with Crippen molar-refractivity contribution < 1.29 is 9.90 Å². The number of carboxylic acids is 1. The first-order valence-corrected chi connectivity index (χ1v) is 5.89. The molecule has 2 rings (SSSR count). The van der Waals surface area contributed by atoms with E-state index < -0.39 is 11.4 Å². The van der Waals surface area contributed by atoms with E-state index in [4.69, 9.17) is 0 Å². The predicted octanol–water partition coefficient (Wildman–Crippen LogP) is 3.38. The average Bonchev–Trinajstić information content (AvgIpc) is 2.14. The van der Waals surface area contributed by atoms with Gasteiger partial charge in [-0.3, -0.25) is 4.79 Å². The van der Waals surface area contributed by atoms with Crippen LogP contribution < -0.4 is 0 Å². The molecule has 0 bridgehead atoms. The first kappa shape index (κ1) is 10.7. The molecule has 0 saturated heterocycles. The summed E-state index contributed by atoms with van der Waals surface area (Å²) in [4.78, 5) is 11.4. The second-order valence-corrected chi connectivity index (χ2v) is 5.88. The molecular formula is C13H20O2. The smallest absolute Gasteiger partial charge is 0.313 e. The van der Waals surface area contributed by atoms with Gasteiger partial charge in [-0.05, 0) is 43.9 Å². The Kier molecular flexibility index (Phi) is 2.40. The van der Waals surface area contributed by atoms with E-state index in [0.29, 0.717) is 0 Å². The van der Waals surface area contributed by atoms with Gasteiger partial charge >= 0.3 is 5.97 Å². The lowest BCUT2D eigenvalue weighted by atomic mass is 9.50. The fourth-order valence-corrected chi connectivity index (χ4v) is 3.37. The maximum atomic E-state index is 11.4. The van der Waals surface area contributed by atoms with Crippen LogP contribution in [-0.4, -0.2) is 11.1 Å². The molecule has 0 spiro atoms. The summed E-state index contributed by atoms with van der Waals surface area (Å²) in [6.45, 7) is 4.33. The Morgan fingerprint density at radius 3 is 2.40 bits per heavy atom. The van der Waals surface area contributed by atoms with Crippen LogP contribution in [0, 0.1) is 10.8 Å². The van der Waals surface area contributed by atoms with E-state index in [9.17, 15) is 9.90 Å². The molecule has 1 N–H and O–H groups in total. The first-order valence-electron chi connectivity index (χ1n) is 5.89. The molecule has 2 aliphatic rings. The van der Waals surface area contributed by atoms with Gasteiger partial charge in [0.05, 0.1) is 5.41 Å². The Morgan fingerprint density at radius 2 is 2.00 bits per heavy atom. The van der Waals surface area contributed by atoms with E-state index in [-0.39, 0.29) is 5.41 Å². The number of carbonyl (C=O) groups is 1. The quantitative estimate of drug-likeness (QED) is 0.706. The lowest BCUT2D eigenvalue weighted by Crippen LogP contribution is -2.50. The Bertz CT molecular complexity index is 304. The maximum Gasteiger partial charge on any atom is 0.313 e. The van der Waals surface area contributed by atoms with Crippen molar-refractivity contribution >= 4 is 5.97 Å². The highest BCUT2D eigenvalue weighted by Gasteiger charge is 2.56. The molecule has 1 fully saturated rings. The van der Waals surface area contributed by atoms with Crippen molar-refractivity contribution in [2.24, 2.45) is 10.8 Å². The van der Waals surface area contributed by atoms with Gasteiger partial charge < -0.3 is 5.11 Å². The van der Waals surface area contributed by atoms with Gasteiger partial charge in [0.15, 0.2) is 0 Å². The van der Waals surface area contributed by atoms with Crippen molar-refractivity contribution in [1.82, 2.24) is 0 Å². The first-order chi connectivity index (χ1) is 6.96. The van der Waals surface area contributed by atoms with Gasteiger partial charge in [0.1, 0.15) is 0 Å². The minimum absolute atomic E-state index is 0.219. The number of hydrogen-bond acceptors (Lipinski definition) is 1. The summed E-state index contributed by atoms with van der Waals surface area (Å²) in [6, 6.07) is 0. The van der Waals surface area contributed by atoms with Gasteiger partial charge in [-0.25, -0.2) is 0 Å². The van der Waals surface area contributed by atoms with Crippen molar-refractivity contribution in [3.05, 3.63) is 11.6 Å². The number of allylic oxidation sites excluding steroid dienone is 1. The Morgan fingerprint density at radius 1 is 1.33 bits per heavy atom. The van der Waals surface area contributed by atoms with Gasteiger partial charge in [-0.15, -0.1) is 0 Å². The molecule has 0 atom stereocenters. The zero-order valence-electron chi connectivity index (χ0n) is 9.68. The van der Waals surface area contributed by atoms with Gasteiger partial charge in [-0.1, -0.05) is 25.5 Å². The van der Waals surface area contributed by atoms with Crippen molar-refractivity contribution in [3.8, 4) is 0 Å². The zero-order valence-corrected chi connectivity index (χ0v) is 9.68. The fraction of sp³-hybridized carbons (Fsp3) is 0.769. The van der Waals surface area contributed by atoms with Gasteiger partial charge in [0.2, 0.25) is 0 Å². The molecule has 15 heavy (non-hydrogen) atoms. The molecule has 0 aromatic carbocycles. The van der Waals surface area contributed by atoms with Gasteiger partial charge in [-0.2, -0.15) is 0 Å². The van der Waals surface area contributed by atoms with Crippen LogP contribution in [0.15, 0.2) is 11.6 Å². The number of carboxylic acid groups (broad SMARTS) is 1. The predicted molar refractivity (Wildman–Crippen MR) is 59.6 cm³/mol. The summed E-state index contributed by atoms with van der Waals surface area (Å²) >= 11 is 0. The topological polar surface area (TPSA) is 37.3 Å². The standard InChI is InChI=1S/C13H20O2/c1-12(2)8-13(9-12,11(14)15)10-6-4-3-5-7-10/h6H,3-5,7-9H2,1-2H3,(H,14,15). The maximum absolute atomic E-state index is 11.4. The van der Waals surface area contributed by atoms with E-state index >= 15 is 0 Å². The Balaban J connectivity index is 2.22. The summed E-state index contributed by atoms with van der Waals surface area (Å²) < 4.78 is 0. The summed E-state index contributed by atoms with van der Waals surface area (Å²) in [5.74, 6) is -0.602. The molecule has 0 aliphatic heterocycles. The lowest BCUT2D eigenvalue weighted by molar-refractivity contribution is -0.159. The molecule has 0 radical (unpaired) electrons. The average molecular weight is 208 g/mol. The monoisotopic (exact) mass is 208 g/mol. The molecule has 0 amide bonds. The lowest BCUT2D eigenvalue weighted by Gasteiger charge is -2.52. The van der Waals surface area contributed by atoms with Crippen molar-refractivity contribution in [3.63, 3.8) is 0 Å². The van der Waals surface area contributed by atoms with E-state index in [0.717, 1.165) is 25.7 Å². The van der Waals surface area contributed by atoms with E-state index in [1.165, 1.54) is 18.4 Å². The van der Waals surface area contributed by atoms with Crippen LogP contribution in [0.1, 0.15) is 52.4 Å². The van der Waals surface area contributed by atoms with Gasteiger partial charge in [0, 0.05) is 0 Å². The normalized spacial score (nSPS) is 27.7. The largest absolute Gasteiger partial charge is 0.481 e. The van der Waals surface area contributed by atoms with Crippen molar-refractivity contribution in [2.45, 2.75) is 52.4 Å². The molecule has 2 heteroatoms. The molecule has 0 heterocycles. The highest BCUT2D eigenvalue weighted by Crippen LogP contribution is 2.59. The van der Waals surface area contributed by atoms with Crippen LogP contribution in [0.2, 0.25) is 0 Å². The molecular weight excluding hydrogens is 188 g/mol. The molecule has 1 saturated carbocycles. The highest BCUT2D eigenvalue weighted by molar-refractivity contribution is 5.80. The fourth-order valence-electron chi connectivity index (χ4n) is 3.37. The third kappa shape index (κ3) is 1.70. The van der Waals surface area contributed by atoms with Crippen molar-refractivity contribution in [2.75, 3.05) is 0 Å². The molecule has 0 aromatic heterocycles. The van der Waals surface area contributed by atoms with Gasteiger partial charge in [0.25, 0.3) is 0 Å². The summed E-state index contributed by atoms with van der Waals surface area (Å²) in [7, 11) is 0. The zero-order chi connectivity index (χ0) is 11.1. The Hall–Kier alpha value is -0.790. The van der Waals surface area contributed by atoms with Crippen LogP contribution in [0.25, 0.3) is 0 Å². The third-order valence-electron chi connectivity index (χ3n) is 3.88. The van der Waals surface area contributed by atoms with Crippen LogP contribution in [0.3, 0.4) is 0 Å². The summed E-state index contributed by atoms with van der Waals surface area (Å²) in [6.07, 6.45) is 8.30. The Labute approximate surface area is 91.4 Å². The molecule has 2 aliphatic carbocycles. The summed E-state index contributed by atoms with van der Waals surface area (Å²) in [5.41, 5.74) is 0.932.